The molecule has 0 N–H and O–H groups in total. The van der Waals surface area contributed by atoms with Gasteiger partial charge in [-0.25, -0.2) is 0 Å². The molecule has 0 aliphatic rings. The number of rotatable bonds is 2. The first kappa shape index (κ1) is 6.87. The maximum absolute atomic E-state index is 2.73. The normalized spacial score (nSPS) is 9.33. The number of aryl methyl sites for hydroxylation is 1. The summed E-state index contributed by atoms with van der Waals surface area (Å²) < 4.78 is 0. The predicted molar refractivity (Wildman–Crippen MR) is 40.7 cm³/mol. The van der Waals surface area contributed by atoms with Crippen LogP contribution in [0, 0.1) is 0 Å². The van der Waals surface area contributed by atoms with Gasteiger partial charge < -0.3 is 0 Å². The second-order valence-corrected chi connectivity index (χ2v) is 2.60. The molecule has 44 valence electrons. The highest BCUT2D eigenvalue weighted by Crippen LogP contribution is 1.99. The van der Waals surface area contributed by atoms with Crippen molar-refractivity contribution in [2.75, 3.05) is 0 Å². The van der Waals surface area contributed by atoms with E-state index in [1.165, 1.54) is 12.0 Å². The fraction of sp³-hybridized carbons (Fsp3) is 0.250. The molecule has 0 fully saturated rings. The van der Waals surface area contributed by atoms with Crippen LogP contribution in [0.3, 0.4) is 0 Å². The average molecular weight is 132 g/mol. The Bertz CT molecular complexity index is 157. The molecular formula is C8H9Al. The summed E-state index contributed by atoms with van der Waals surface area (Å²) >= 11 is 2.73. The van der Waals surface area contributed by atoms with Gasteiger partial charge in [0.25, 0.3) is 0 Å². The van der Waals surface area contributed by atoms with E-state index in [1.807, 2.05) is 6.07 Å². The molecule has 1 aromatic rings. The molecule has 1 heteroatoms. The van der Waals surface area contributed by atoms with E-state index in [0.717, 1.165) is 5.28 Å². The molecule has 0 aromatic heterocycles. The van der Waals surface area contributed by atoms with Crippen molar-refractivity contribution in [3.05, 3.63) is 35.9 Å². The molecule has 0 nitrogen and oxygen atoms in total. The zero-order valence-corrected chi connectivity index (χ0v) is 6.53. The van der Waals surface area contributed by atoms with Crippen LogP contribution >= 0.6 is 0 Å². The zero-order chi connectivity index (χ0) is 6.53. The highest BCUT2D eigenvalue weighted by atomic mass is 27.0. The molecule has 0 spiro atoms. The molecule has 0 saturated heterocycles. The Morgan fingerprint density at radius 2 is 1.78 bits per heavy atom. The minimum absolute atomic E-state index is 1.16. The van der Waals surface area contributed by atoms with Crippen LogP contribution < -0.4 is 0 Å². The largest absolute Gasteiger partial charge is 0.118 e. The van der Waals surface area contributed by atoms with Gasteiger partial charge in [0.1, 0.15) is 16.3 Å². The van der Waals surface area contributed by atoms with E-state index in [2.05, 4.69) is 40.6 Å². The maximum Gasteiger partial charge on any atom is 0.118 e. The molecule has 0 bridgehead atoms. The standard InChI is InChI=1S/C8H9.Al/c1-2-8-6-4-3-5-7-8;/h3-7H,1-2H2;. The molecule has 0 atom stereocenters. The third-order valence-corrected chi connectivity index (χ3v) is 1.56. The van der Waals surface area contributed by atoms with Gasteiger partial charge >= 0.3 is 0 Å². The van der Waals surface area contributed by atoms with E-state index in [1.54, 1.807) is 0 Å². The van der Waals surface area contributed by atoms with Crippen molar-refractivity contribution >= 4 is 16.3 Å². The van der Waals surface area contributed by atoms with Crippen molar-refractivity contribution in [1.29, 1.82) is 0 Å². The lowest BCUT2D eigenvalue weighted by molar-refractivity contribution is 1.13. The summed E-state index contributed by atoms with van der Waals surface area (Å²) in [5.74, 6) is 0. The van der Waals surface area contributed by atoms with Crippen molar-refractivity contribution in [3.63, 3.8) is 0 Å². The van der Waals surface area contributed by atoms with Crippen molar-refractivity contribution in [2.45, 2.75) is 11.7 Å². The molecule has 2 radical (unpaired) electrons. The Morgan fingerprint density at radius 1 is 1.11 bits per heavy atom. The van der Waals surface area contributed by atoms with Crippen molar-refractivity contribution in [3.8, 4) is 0 Å². The van der Waals surface area contributed by atoms with Crippen LogP contribution in [-0.2, 0) is 6.42 Å². The molecule has 0 saturated carbocycles. The maximum atomic E-state index is 2.73. The van der Waals surface area contributed by atoms with Gasteiger partial charge in [0.05, 0.1) is 0 Å². The predicted octanol–water partition coefficient (Wildman–Crippen LogP) is 1.82. The van der Waals surface area contributed by atoms with E-state index in [0.29, 0.717) is 0 Å². The quantitative estimate of drug-likeness (QED) is 0.538. The van der Waals surface area contributed by atoms with Crippen LogP contribution in [-0.4, -0.2) is 16.3 Å². The van der Waals surface area contributed by atoms with Crippen molar-refractivity contribution in [2.24, 2.45) is 0 Å². The SMILES string of the molecule is [Al][CH2]Cc1ccccc1. The summed E-state index contributed by atoms with van der Waals surface area (Å²) in [5.41, 5.74) is 1.42. The highest BCUT2D eigenvalue weighted by molar-refractivity contribution is 6.08. The number of hydrogen-bond donors (Lipinski definition) is 0. The first-order valence-corrected chi connectivity index (χ1v) is 3.99. The summed E-state index contributed by atoms with van der Waals surface area (Å²) in [6.45, 7) is 0. The third kappa shape index (κ3) is 2.22. The smallest absolute Gasteiger partial charge is 0.114 e. The van der Waals surface area contributed by atoms with Crippen LogP contribution in [0.5, 0.6) is 0 Å². The minimum atomic E-state index is 1.16. The summed E-state index contributed by atoms with van der Waals surface area (Å²) in [6, 6.07) is 10.5. The summed E-state index contributed by atoms with van der Waals surface area (Å²) in [6.07, 6.45) is 1.17. The lowest BCUT2D eigenvalue weighted by Gasteiger charge is -1.94. The fourth-order valence-corrected chi connectivity index (χ4v) is 1.14. The topological polar surface area (TPSA) is 0 Å². The highest BCUT2D eigenvalue weighted by Gasteiger charge is 1.84. The molecule has 0 amide bonds. The molecule has 0 aliphatic carbocycles. The van der Waals surface area contributed by atoms with Gasteiger partial charge in [-0.1, -0.05) is 30.3 Å². The van der Waals surface area contributed by atoms with E-state index in [9.17, 15) is 0 Å². The lowest BCUT2D eigenvalue weighted by Crippen LogP contribution is -1.80. The van der Waals surface area contributed by atoms with Crippen LogP contribution in [0.2, 0.25) is 5.28 Å². The van der Waals surface area contributed by atoms with Gasteiger partial charge in [-0.15, -0.1) is 5.28 Å². The van der Waals surface area contributed by atoms with Crippen molar-refractivity contribution < 1.29 is 0 Å². The van der Waals surface area contributed by atoms with Crippen LogP contribution in [0.1, 0.15) is 5.56 Å². The minimum Gasteiger partial charge on any atom is -0.114 e. The Labute approximate surface area is 64.3 Å². The first-order chi connectivity index (χ1) is 4.43. The molecule has 0 heterocycles. The third-order valence-electron chi connectivity index (χ3n) is 1.28. The fourth-order valence-electron chi connectivity index (χ4n) is 0.811. The van der Waals surface area contributed by atoms with Gasteiger partial charge in [0.2, 0.25) is 0 Å². The Hall–Kier alpha value is -0.248. The number of hydrogen-bond acceptors (Lipinski definition) is 0. The van der Waals surface area contributed by atoms with Crippen LogP contribution in [0.4, 0.5) is 0 Å². The van der Waals surface area contributed by atoms with Gasteiger partial charge in [-0.3, -0.25) is 0 Å². The Kier molecular flexibility index (Phi) is 2.84. The molecule has 0 aliphatic heterocycles. The van der Waals surface area contributed by atoms with E-state index in [-0.39, 0.29) is 0 Å². The van der Waals surface area contributed by atoms with Crippen LogP contribution in [0.25, 0.3) is 0 Å². The molecule has 1 rings (SSSR count). The van der Waals surface area contributed by atoms with E-state index >= 15 is 0 Å². The van der Waals surface area contributed by atoms with E-state index in [4.69, 9.17) is 0 Å². The lowest BCUT2D eigenvalue weighted by atomic mass is 10.2. The summed E-state index contributed by atoms with van der Waals surface area (Å²) in [7, 11) is 0. The second-order valence-electron chi connectivity index (χ2n) is 2.02. The average Bonchev–Trinajstić information content (AvgIpc) is 1.91. The molecular weight excluding hydrogens is 123 g/mol. The van der Waals surface area contributed by atoms with Crippen molar-refractivity contribution in [1.82, 2.24) is 0 Å². The Morgan fingerprint density at radius 3 is 2.33 bits per heavy atom. The summed E-state index contributed by atoms with van der Waals surface area (Å²) in [4.78, 5) is 0. The second kappa shape index (κ2) is 3.72. The molecule has 0 unspecified atom stereocenters. The Balaban J connectivity index is 2.61. The van der Waals surface area contributed by atoms with E-state index < -0.39 is 0 Å². The first-order valence-electron chi connectivity index (χ1n) is 3.17. The summed E-state index contributed by atoms with van der Waals surface area (Å²) in [5, 5.41) is 1.16. The molecule has 9 heavy (non-hydrogen) atoms. The van der Waals surface area contributed by atoms with Gasteiger partial charge in [-0.05, 0) is 12.0 Å². The van der Waals surface area contributed by atoms with Gasteiger partial charge in [0.15, 0.2) is 0 Å². The van der Waals surface area contributed by atoms with Gasteiger partial charge in [0, 0.05) is 0 Å². The van der Waals surface area contributed by atoms with Crippen LogP contribution in [0.15, 0.2) is 30.3 Å². The van der Waals surface area contributed by atoms with Gasteiger partial charge in [-0.2, -0.15) is 0 Å². The monoisotopic (exact) mass is 132 g/mol. The number of benzene rings is 1. The molecule has 1 aromatic carbocycles. The zero-order valence-electron chi connectivity index (χ0n) is 5.38.